The zero-order chi connectivity index (χ0) is 13.9. The summed E-state index contributed by atoms with van der Waals surface area (Å²) < 4.78 is 5.44. The summed E-state index contributed by atoms with van der Waals surface area (Å²) in [5.74, 6) is 1.83. The van der Waals surface area contributed by atoms with Crippen LogP contribution < -0.4 is 5.32 Å². The van der Waals surface area contributed by atoms with Gasteiger partial charge in [0.2, 0.25) is 0 Å². The first-order valence-corrected chi connectivity index (χ1v) is 7.92. The molecule has 1 saturated heterocycles. The number of thiophene rings is 1. The number of hydrogen-bond acceptors (Lipinski definition) is 6. The Morgan fingerprint density at radius 1 is 1.50 bits per heavy atom. The molecule has 5 nitrogen and oxygen atoms in total. The molecule has 0 aliphatic carbocycles. The maximum atomic E-state index is 5.44. The zero-order valence-corrected chi connectivity index (χ0v) is 12.7. The number of anilines is 1. The van der Waals surface area contributed by atoms with Crippen molar-refractivity contribution in [3.8, 4) is 0 Å². The lowest BCUT2D eigenvalue weighted by Crippen LogP contribution is -2.32. The summed E-state index contributed by atoms with van der Waals surface area (Å²) in [6, 6.07) is 2.57. The predicted octanol–water partition coefficient (Wildman–Crippen LogP) is 2.34. The molecule has 1 atom stereocenters. The second-order valence-corrected chi connectivity index (χ2v) is 5.99. The summed E-state index contributed by atoms with van der Waals surface area (Å²) in [5, 5.41) is 6.52. The third-order valence-corrected chi connectivity index (χ3v) is 4.44. The fraction of sp³-hybridized carbons (Fsp3) is 0.571. The molecule has 0 spiro atoms. The van der Waals surface area contributed by atoms with Crippen molar-refractivity contribution in [3.05, 3.63) is 17.3 Å². The number of nitrogens with one attached hydrogen (secondary N) is 1. The standard InChI is InChI=1S/C14H20N4OS/c1-3-15-13-11-5-7-20-14(11)17-12(16-13)8-18(2)10-4-6-19-9-10/h5,7,10H,3-4,6,8-9H2,1-2H3,(H,15,16,17). The number of hydrogen-bond donors (Lipinski definition) is 1. The molecule has 1 fully saturated rings. The predicted molar refractivity (Wildman–Crippen MR) is 82.3 cm³/mol. The van der Waals surface area contributed by atoms with Gasteiger partial charge in [-0.25, -0.2) is 9.97 Å². The average molecular weight is 292 g/mol. The van der Waals surface area contributed by atoms with Gasteiger partial charge in [0.05, 0.1) is 18.5 Å². The van der Waals surface area contributed by atoms with E-state index >= 15 is 0 Å². The lowest BCUT2D eigenvalue weighted by molar-refractivity contribution is 0.155. The summed E-state index contributed by atoms with van der Waals surface area (Å²) in [6.45, 7) is 5.40. The normalized spacial score (nSPS) is 19.1. The Bertz CT molecular complexity index is 580. The van der Waals surface area contributed by atoms with Crippen molar-refractivity contribution in [2.24, 2.45) is 0 Å². The van der Waals surface area contributed by atoms with E-state index in [1.807, 2.05) is 0 Å². The van der Waals surface area contributed by atoms with Gasteiger partial charge in [0.1, 0.15) is 16.5 Å². The van der Waals surface area contributed by atoms with Crippen LogP contribution in [0.1, 0.15) is 19.2 Å². The molecule has 0 radical (unpaired) electrons. The minimum Gasteiger partial charge on any atom is -0.380 e. The number of likely N-dealkylation sites (N-methyl/N-ethyl adjacent to an activating group) is 1. The largest absolute Gasteiger partial charge is 0.380 e. The van der Waals surface area contributed by atoms with E-state index in [9.17, 15) is 0 Å². The molecule has 2 aromatic rings. The monoisotopic (exact) mass is 292 g/mol. The summed E-state index contributed by atoms with van der Waals surface area (Å²) in [7, 11) is 2.12. The topological polar surface area (TPSA) is 50.3 Å². The Kier molecular flexibility index (Phi) is 4.14. The molecule has 3 heterocycles. The van der Waals surface area contributed by atoms with Crippen molar-refractivity contribution < 1.29 is 4.74 Å². The fourth-order valence-electron chi connectivity index (χ4n) is 2.49. The third-order valence-electron chi connectivity index (χ3n) is 3.64. The van der Waals surface area contributed by atoms with Crippen LogP contribution in [0.2, 0.25) is 0 Å². The van der Waals surface area contributed by atoms with Crippen molar-refractivity contribution in [2.45, 2.75) is 25.9 Å². The van der Waals surface area contributed by atoms with E-state index in [1.54, 1.807) is 11.3 Å². The highest BCUT2D eigenvalue weighted by Crippen LogP contribution is 2.25. The molecule has 1 unspecified atom stereocenters. The minimum atomic E-state index is 0.486. The molecule has 1 N–H and O–H groups in total. The van der Waals surface area contributed by atoms with Crippen LogP contribution in [0.3, 0.4) is 0 Å². The van der Waals surface area contributed by atoms with Gasteiger partial charge in [0.25, 0.3) is 0 Å². The Morgan fingerprint density at radius 3 is 3.15 bits per heavy atom. The van der Waals surface area contributed by atoms with Crippen molar-refractivity contribution in [2.75, 3.05) is 32.1 Å². The number of ether oxygens (including phenoxy) is 1. The van der Waals surface area contributed by atoms with Crippen molar-refractivity contribution in [1.29, 1.82) is 0 Å². The zero-order valence-electron chi connectivity index (χ0n) is 11.9. The number of rotatable bonds is 5. The van der Waals surface area contributed by atoms with Crippen LogP contribution in [-0.4, -0.2) is 47.7 Å². The van der Waals surface area contributed by atoms with Crippen LogP contribution in [0.25, 0.3) is 10.2 Å². The van der Waals surface area contributed by atoms with E-state index < -0.39 is 0 Å². The molecule has 108 valence electrons. The molecule has 0 bridgehead atoms. The van der Waals surface area contributed by atoms with Gasteiger partial charge in [0, 0.05) is 19.2 Å². The molecule has 0 saturated carbocycles. The molecule has 0 aromatic carbocycles. The fourth-order valence-corrected chi connectivity index (χ4v) is 3.28. The van der Waals surface area contributed by atoms with E-state index in [-0.39, 0.29) is 0 Å². The van der Waals surface area contributed by atoms with E-state index in [0.29, 0.717) is 6.04 Å². The van der Waals surface area contributed by atoms with Gasteiger partial charge >= 0.3 is 0 Å². The second kappa shape index (κ2) is 6.03. The van der Waals surface area contributed by atoms with Crippen LogP contribution in [0.15, 0.2) is 11.4 Å². The first kappa shape index (κ1) is 13.7. The maximum Gasteiger partial charge on any atom is 0.146 e. The van der Waals surface area contributed by atoms with Crippen LogP contribution in [0.4, 0.5) is 5.82 Å². The third kappa shape index (κ3) is 2.77. The molecular formula is C14H20N4OS. The summed E-state index contributed by atoms with van der Waals surface area (Å²) >= 11 is 1.67. The molecule has 1 aliphatic heterocycles. The van der Waals surface area contributed by atoms with Crippen molar-refractivity contribution >= 4 is 27.4 Å². The average Bonchev–Trinajstić information content (AvgIpc) is 3.10. The van der Waals surface area contributed by atoms with Gasteiger partial charge < -0.3 is 10.1 Å². The molecule has 20 heavy (non-hydrogen) atoms. The van der Waals surface area contributed by atoms with Crippen LogP contribution in [0.5, 0.6) is 0 Å². The summed E-state index contributed by atoms with van der Waals surface area (Å²) in [5.41, 5.74) is 0. The van der Waals surface area contributed by atoms with Gasteiger partial charge in [-0.3, -0.25) is 4.90 Å². The molecular weight excluding hydrogens is 272 g/mol. The molecule has 0 amide bonds. The quantitative estimate of drug-likeness (QED) is 0.916. The second-order valence-electron chi connectivity index (χ2n) is 5.09. The van der Waals surface area contributed by atoms with Gasteiger partial charge in [-0.15, -0.1) is 11.3 Å². The first-order valence-electron chi connectivity index (χ1n) is 7.04. The lowest BCUT2D eigenvalue weighted by Gasteiger charge is -2.22. The number of fused-ring (bicyclic) bond motifs is 1. The Balaban J connectivity index is 1.83. The van der Waals surface area contributed by atoms with Crippen molar-refractivity contribution in [3.63, 3.8) is 0 Å². The Morgan fingerprint density at radius 2 is 2.40 bits per heavy atom. The summed E-state index contributed by atoms with van der Waals surface area (Å²) in [6.07, 6.45) is 1.10. The Hall–Kier alpha value is -1.24. The number of nitrogens with zero attached hydrogens (tertiary/aromatic N) is 3. The van der Waals surface area contributed by atoms with Crippen LogP contribution in [0, 0.1) is 0 Å². The minimum absolute atomic E-state index is 0.486. The van der Waals surface area contributed by atoms with Crippen LogP contribution >= 0.6 is 11.3 Å². The first-order chi connectivity index (χ1) is 9.78. The molecule has 6 heteroatoms. The maximum absolute atomic E-state index is 5.44. The highest BCUT2D eigenvalue weighted by atomic mass is 32.1. The highest BCUT2D eigenvalue weighted by Gasteiger charge is 2.21. The van der Waals surface area contributed by atoms with Gasteiger partial charge in [0.15, 0.2) is 0 Å². The van der Waals surface area contributed by atoms with Gasteiger partial charge in [-0.2, -0.15) is 0 Å². The summed E-state index contributed by atoms with van der Waals surface area (Å²) in [4.78, 5) is 12.7. The van der Waals surface area contributed by atoms with E-state index in [0.717, 1.165) is 54.6 Å². The van der Waals surface area contributed by atoms with E-state index in [4.69, 9.17) is 4.74 Å². The highest BCUT2D eigenvalue weighted by molar-refractivity contribution is 7.16. The van der Waals surface area contributed by atoms with Gasteiger partial charge in [-0.1, -0.05) is 0 Å². The Labute approximate surface area is 123 Å². The SMILES string of the molecule is CCNc1nc(CN(C)C2CCOC2)nc2sccc12. The van der Waals surface area contributed by atoms with Crippen molar-refractivity contribution in [1.82, 2.24) is 14.9 Å². The van der Waals surface area contributed by atoms with E-state index in [1.165, 1.54) is 0 Å². The van der Waals surface area contributed by atoms with Gasteiger partial charge in [-0.05, 0) is 31.8 Å². The lowest BCUT2D eigenvalue weighted by atomic mass is 10.2. The van der Waals surface area contributed by atoms with E-state index in [2.05, 4.69) is 45.6 Å². The van der Waals surface area contributed by atoms with Crippen LogP contribution in [-0.2, 0) is 11.3 Å². The molecule has 1 aliphatic rings. The molecule has 2 aromatic heterocycles. The number of aromatic nitrogens is 2. The molecule has 3 rings (SSSR count). The smallest absolute Gasteiger partial charge is 0.146 e.